The Morgan fingerprint density at radius 2 is 2.12 bits per heavy atom. The zero-order valence-electron chi connectivity index (χ0n) is 9.69. The van der Waals surface area contributed by atoms with Crippen LogP contribution in [-0.2, 0) is 4.79 Å². The van der Waals surface area contributed by atoms with E-state index in [2.05, 4.69) is 0 Å². The van der Waals surface area contributed by atoms with Crippen LogP contribution in [0.3, 0.4) is 0 Å². The van der Waals surface area contributed by atoms with E-state index in [1.807, 2.05) is 0 Å². The quantitative estimate of drug-likeness (QED) is 0.410. The number of rotatable bonds is 9. The highest BCUT2D eigenvalue weighted by atomic mass is 32.2. The molecule has 5 nitrogen and oxygen atoms in total. The molecule has 0 aliphatic carbocycles. The van der Waals surface area contributed by atoms with Crippen molar-refractivity contribution in [3.8, 4) is 0 Å². The van der Waals surface area contributed by atoms with Crippen LogP contribution in [0.15, 0.2) is 0 Å². The number of carbonyl (C=O) groups is 1. The van der Waals surface area contributed by atoms with Gasteiger partial charge in [0.05, 0.1) is 18.2 Å². The largest absolute Gasteiger partial charge is 0.394 e. The molecule has 0 aromatic carbocycles. The first-order valence-corrected chi connectivity index (χ1v) is 6.51. The summed E-state index contributed by atoms with van der Waals surface area (Å²) >= 11 is 1.58. The fourth-order valence-corrected chi connectivity index (χ4v) is 2.04. The molecule has 0 saturated carbocycles. The molecule has 0 radical (unpaired) electrons. The van der Waals surface area contributed by atoms with Gasteiger partial charge < -0.3 is 21.7 Å². The van der Waals surface area contributed by atoms with Gasteiger partial charge in [0.2, 0.25) is 5.91 Å². The van der Waals surface area contributed by atoms with E-state index in [9.17, 15) is 4.79 Å². The van der Waals surface area contributed by atoms with Gasteiger partial charge in [-0.1, -0.05) is 6.42 Å². The molecule has 2 unspecified atom stereocenters. The summed E-state index contributed by atoms with van der Waals surface area (Å²) in [5.41, 5.74) is 9.91. The van der Waals surface area contributed by atoms with E-state index in [4.69, 9.17) is 21.7 Å². The normalized spacial score (nSPS) is 16.8. The minimum Gasteiger partial charge on any atom is -0.394 e. The van der Waals surface area contributed by atoms with Gasteiger partial charge in [0.15, 0.2) is 0 Å². The average Bonchev–Trinajstić information content (AvgIpc) is 2.22. The summed E-state index contributed by atoms with van der Waals surface area (Å²) < 4.78 is 0. The minimum atomic E-state index is -0.921. The van der Waals surface area contributed by atoms with E-state index in [1.165, 1.54) is 0 Å². The van der Waals surface area contributed by atoms with Crippen LogP contribution < -0.4 is 11.5 Å². The molecule has 96 valence electrons. The Kier molecular flexibility index (Phi) is 7.74. The number of aliphatic hydroxyl groups excluding tert-OH is 2. The summed E-state index contributed by atoms with van der Waals surface area (Å²) in [6.45, 7) is 1.44. The lowest BCUT2D eigenvalue weighted by Crippen LogP contribution is -2.49. The molecule has 0 fully saturated rings. The summed E-state index contributed by atoms with van der Waals surface area (Å²) in [7, 11) is 0. The number of hydrogen-bond donors (Lipinski definition) is 4. The zero-order valence-corrected chi connectivity index (χ0v) is 10.5. The number of thioether (sulfide) groups is 1. The molecule has 0 aliphatic heterocycles. The highest BCUT2D eigenvalue weighted by molar-refractivity contribution is 7.99. The van der Waals surface area contributed by atoms with Gasteiger partial charge in [0.25, 0.3) is 0 Å². The van der Waals surface area contributed by atoms with Gasteiger partial charge >= 0.3 is 0 Å². The lowest BCUT2D eigenvalue weighted by atomic mass is 9.96. The van der Waals surface area contributed by atoms with Gasteiger partial charge in [-0.05, 0) is 25.5 Å². The maximum Gasteiger partial charge on any atom is 0.237 e. The van der Waals surface area contributed by atoms with Crippen molar-refractivity contribution in [3.05, 3.63) is 0 Å². The second kappa shape index (κ2) is 7.89. The Balaban J connectivity index is 3.44. The Hall–Kier alpha value is -0.300. The van der Waals surface area contributed by atoms with Gasteiger partial charge in [-0.25, -0.2) is 0 Å². The molecule has 0 bridgehead atoms. The number of carbonyl (C=O) groups excluding carboxylic acids is 1. The van der Waals surface area contributed by atoms with Gasteiger partial charge in [-0.2, -0.15) is 11.8 Å². The fraction of sp³-hybridized carbons (Fsp3) is 0.900. The van der Waals surface area contributed by atoms with Crippen molar-refractivity contribution in [2.75, 3.05) is 18.1 Å². The number of nitrogens with two attached hydrogens (primary N) is 2. The lowest BCUT2D eigenvalue weighted by molar-refractivity contribution is -0.122. The fourth-order valence-electron chi connectivity index (χ4n) is 1.09. The first-order valence-electron chi connectivity index (χ1n) is 5.35. The Labute approximate surface area is 101 Å². The summed E-state index contributed by atoms with van der Waals surface area (Å²) in [5, 5.41) is 17.6. The molecule has 0 saturated heterocycles. The molecule has 0 aromatic rings. The zero-order chi connectivity index (χ0) is 12.6. The third-order valence-electron chi connectivity index (χ3n) is 2.32. The molecule has 0 heterocycles. The highest BCUT2D eigenvalue weighted by Gasteiger charge is 2.24. The van der Waals surface area contributed by atoms with Crippen LogP contribution in [0.1, 0.15) is 26.2 Å². The summed E-state index contributed by atoms with van der Waals surface area (Å²) in [4.78, 5) is 10.9. The molecule has 1 amide bonds. The van der Waals surface area contributed by atoms with Gasteiger partial charge in [0.1, 0.15) is 0 Å². The summed E-state index contributed by atoms with van der Waals surface area (Å²) in [6, 6.07) is 0. The van der Waals surface area contributed by atoms with Crippen molar-refractivity contribution in [2.45, 2.75) is 37.8 Å². The van der Waals surface area contributed by atoms with E-state index >= 15 is 0 Å². The van der Waals surface area contributed by atoms with Crippen LogP contribution in [0.5, 0.6) is 0 Å². The van der Waals surface area contributed by atoms with Crippen molar-refractivity contribution in [1.29, 1.82) is 0 Å². The standard InChI is InChI=1S/C10H22N2O3S/c1-10(12,9(11)15)4-2-3-5-16-7-8(14)6-13/h8,13-14H,2-7,12H2,1H3,(H2,11,15). The lowest BCUT2D eigenvalue weighted by Gasteiger charge is -2.19. The molecule has 2 atom stereocenters. The maximum absolute atomic E-state index is 10.9. The number of hydrogen-bond acceptors (Lipinski definition) is 5. The van der Waals surface area contributed by atoms with Gasteiger partial charge in [-0.15, -0.1) is 0 Å². The molecule has 0 aromatic heterocycles. The molecular weight excluding hydrogens is 228 g/mol. The molecule has 6 N–H and O–H groups in total. The van der Waals surface area contributed by atoms with Crippen LogP contribution in [0.25, 0.3) is 0 Å². The predicted octanol–water partition coefficient (Wildman–Crippen LogP) is -0.554. The van der Waals surface area contributed by atoms with E-state index < -0.39 is 17.6 Å². The van der Waals surface area contributed by atoms with E-state index in [0.29, 0.717) is 12.2 Å². The number of amides is 1. The topological polar surface area (TPSA) is 110 Å². The van der Waals surface area contributed by atoms with Crippen molar-refractivity contribution in [1.82, 2.24) is 0 Å². The van der Waals surface area contributed by atoms with Crippen LogP contribution in [0.2, 0.25) is 0 Å². The highest BCUT2D eigenvalue weighted by Crippen LogP contribution is 2.13. The van der Waals surface area contributed by atoms with Crippen molar-refractivity contribution in [2.24, 2.45) is 11.5 Å². The summed E-state index contributed by atoms with van der Waals surface area (Å²) in [5.74, 6) is 0.939. The number of unbranched alkanes of at least 4 members (excludes halogenated alkanes) is 1. The van der Waals surface area contributed by atoms with Crippen molar-refractivity contribution >= 4 is 17.7 Å². The second-order valence-electron chi connectivity index (χ2n) is 4.15. The molecule has 0 aliphatic rings. The number of primary amides is 1. The molecule has 6 heteroatoms. The SMILES string of the molecule is CC(N)(CCCCSCC(O)CO)C(N)=O. The Morgan fingerprint density at radius 3 is 2.62 bits per heavy atom. The smallest absolute Gasteiger partial charge is 0.237 e. The minimum absolute atomic E-state index is 0.199. The Bertz CT molecular complexity index is 212. The first kappa shape index (κ1) is 15.7. The van der Waals surface area contributed by atoms with Crippen LogP contribution in [0.4, 0.5) is 0 Å². The summed E-state index contributed by atoms with van der Waals surface area (Å²) in [6.07, 6.45) is 1.68. The van der Waals surface area contributed by atoms with Crippen LogP contribution in [0, 0.1) is 0 Å². The third-order valence-corrected chi connectivity index (χ3v) is 3.52. The van der Waals surface area contributed by atoms with Crippen molar-refractivity contribution in [3.63, 3.8) is 0 Å². The molecular formula is C10H22N2O3S. The van der Waals surface area contributed by atoms with Crippen molar-refractivity contribution < 1.29 is 15.0 Å². The third kappa shape index (κ3) is 7.05. The molecule has 16 heavy (non-hydrogen) atoms. The second-order valence-corrected chi connectivity index (χ2v) is 5.30. The van der Waals surface area contributed by atoms with Crippen LogP contribution in [-0.4, -0.2) is 45.9 Å². The van der Waals surface area contributed by atoms with Crippen LogP contribution >= 0.6 is 11.8 Å². The monoisotopic (exact) mass is 250 g/mol. The number of aliphatic hydroxyl groups is 2. The van der Waals surface area contributed by atoms with Gasteiger partial charge in [0, 0.05) is 5.75 Å². The molecule has 0 rings (SSSR count). The first-order chi connectivity index (χ1) is 7.40. The Morgan fingerprint density at radius 1 is 1.50 bits per heavy atom. The predicted molar refractivity (Wildman–Crippen MR) is 66.1 cm³/mol. The van der Waals surface area contributed by atoms with E-state index in [-0.39, 0.29) is 6.61 Å². The average molecular weight is 250 g/mol. The van der Waals surface area contributed by atoms with E-state index in [0.717, 1.165) is 18.6 Å². The maximum atomic E-state index is 10.9. The van der Waals surface area contributed by atoms with E-state index in [1.54, 1.807) is 18.7 Å². The molecule has 0 spiro atoms. The van der Waals surface area contributed by atoms with Gasteiger partial charge in [-0.3, -0.25) is 4.79 Å².